The number of hydrogen-bond acceptors (Lipinski definition) is 1. The Hall–Kier alpha value is -3.43. The molecule has 0 aliphatic carbocycles. The highest BCUT2D eigenvalue weighted by Gasteiger charge is 2.25. The molecule has 6 aromatic carbocycles. The molecule has 0 fully saturated rings. The molecule has 41 heavy (non-hydrogen) atoms. The van der Waals surface area contributed by atoms with Gasteiger partial charge in [-0.3, -0.25) is 0 Å². The number of fused-ring (bicyclic) bond motifs is 5. The summed E-state index contributed by atoms with van der Waals surface area (Å²) in [5.74, 6) is 0. The molecule has 0 spiro atoms. The highest BCUT2D eigenvalue weighted by molar-refractivity contribution is 9.10. The van der Waals surface area contributed by atoms with Gasteiger partial charge < -0.3 is 4.42 Å². The van der Waals surface area contributed by atoms with Crippen molar-refractivity contribution in [3.8, 4) is 22.3 Å². The highest BCUT2D eigenvalue weighted by Crippen LogP contribution is 2.45. The van der Waals surface area contributed by atoms with E-state index in [-0.39, 0.29) is 38.4 Å². The van der Waals surface area contributed by atoms with Gasteiger partial charge >= 0.3 is 0 Å². The van der Waals surface area contributed by atoms with Gasteiger partial charge in [-0.2, -0.15) is 0 Å². The summed E-state index contributed by atoms with van der Waals surface area (Å²) in [6.07, 6.45) is 0. The van der Waals surface area contributed by atoms with Crippen LogP contribution in [-0.4, -0.2) is 54.9 Å². The summed E-state index contributed by atoms with van der Waals surface area (Å²) in [4.78, 5) is 0. The van der Waals surface area contributed by atoms with Crippen molar-refractivity contribution in [2.45, 2.75) is 0 Å². The average molecular weight is 568 g/mol. The SMILES string of the molecule is [B]c1c([B])c([B])c2c(oc3c([B])c([B])c([B])c(-c4c5ccccc5c(-c5cccc(Br)c5)c5ccccc45)c32)c1[B]. The second-order valence-electron chi connectivity index (χ2n) is 10.1. The summed E-state index contributed by atoms with van der Waals surface area (Å²) in [5.41, 5.74) is 5.66. The van der Waals surface area contributed by atoms with E-state index in [9.17, 15) is 0 Å². The van der Waals surface area contributed by atoms with Gasteiger partial charge in [0.05, 0.1) is 0 Å². The zero-order valence-electron chi connectivity index (χ0n) is 21.8. The van der Waals surface area contributed by atoms with Crippen LogP contribution in [-0.2, 0) is 0 Å². The second-order valence-corrected chi connectivity index (χ2v) is 11.0. The van der Waals surface area contributed by atoms with Gasteiger partial charge in [-0.05, 0) is 55.9 Å². The van der Waals surface area contributed by atoms with E-state index in [1.807, 2.05) is 36.4 Å². The largest absolute Gasteiger partial charge is 0.457 e. The molecule has 0 unspecified atom stereocenters. The molecule has 0 atom stereocenters. The molecular formula is C32H12B7BrO. The van der Waals surface area contributed by atoms with Gasteiger partial charge in [0.1, 0.15) is 66.1 Å². The quantitative estimate of drug-likeness (QED) is 0.228. The highest BCUT2D eigenvalue weighted by atomic mass is 79.9. The molecule has 7 aromatic rings. The number of halogens is 1. The molecule has 1 aromatic heterocycles. The van der Waals surface area contributed by atoms with Crippen molar-refractivity contribution in [1.29, 1.82) is 0 Å². The number of furan rings is 1. The summed E-state index contributed by atoms with van der Waals surface area (Å²) < 4.78 is 7.24. The molecule has 0 aliphatic heterocycles. The van der Waals surface area contributed by atoms with Crippen LogP contribution in [0.5, 0.6) is 0 Å². The Morgan fingerprint density at radius 2 is 0.927 bits per heavy atom. The van der Waals surface area contributed by atoms with Crippen molar-refractivity contribution in [3.63, 3.8) is 0 Å². The molecule has 14 radical (unpaired) electrons. The zero-order valence-corrected chi connectivity index (χ0v) is 23.3. The Balaban J connectivity index is 1.78. The van der Waals surface area contributed by atoms with E-state index in [1.165, 1.54) is 0 Å². The van der Waals surface area contributed by atoms with Crippen LogP contribution >= 0.6 is 15.9 Å². The Morgan fingerprint density at radius 3 is 1.49 bits per heavy atom. The van der Waals surface area contributed by atoms with Crippen LogP contribution in [0.4, 0.5) is 0 Å². The van der Waals surface area contributed by atoms with Crippen LogP contribution in [0.3, 0.4) is 0 Å². The predicted molar refractivity (Wildman–Crippen MR) is 185 cm³/mol. The lowest BCUT2D eigenvalue weighted by molar-refractivity contribution is 0.675. The molecule has 1 nitrogen and oxygen atoms in total. The first-order valence-corrected chi connectivity index (χ1v) is 13.6. The fraction of sp³-hybridized carbons (Fsp3) is 0. The molecule has 0 amide bonds. The standard InChI is InChI=1S/C32H12B7BrO/c33-24-21(22-23-25(34)26(35)28(37)30(39)32(23)41-31(22)29(38)27(24)36)20-17-10-3-1-8-15(17)19(13-6-5-7-14(40)12-13)16-9-2-4-11-18(16)20/h1-12H. The van der Waals surface area contributed by atoms with Crippen molar-refractivity contribution < 1.29 is 4.42 Å². The molecule has 9 heteroatoms. The van der Waals surface area contributed by atoms with Crippen LogP contribution in [0.2, 0.25) is 0 Å². The Morgan fingerprint density at radius 1 is 0.439 bits per heavy atom. The average Bonchev–Trinajstić information content (AvgIpc) is 3.38. The van der Waals surface area contributed by atoms with E-state index in [0.717, 1.165) is 42.7 Å². The first kappa shape index (κ1) is 26.5. The fourth-order valence-electron chi connectivity index (χ4n) is 6.00. The third kappa shape index (κ3) is 3.71. The molecule has 0 saturated heterocycles. The van der Waals surface area contributed by atoms with Crippen molar-refractivity contribution in [1.82, 2.24) is 0 Å². The van der Waals surface area contributed by atoms with Crippen LogP contribution in [0.1, 0.15) is 0 Å². The van der Waals surface area contributed by atoms with Crippen molar-refractivity contribution in [2.24, 2.45) is 0 Å². The summed E-state index contributed by atoms with van der Waals surface area (Å²) in [5, 5.41) is 5.05. The topological polar surface area (TPSA) is 13.1 Å². The molecule has 0 N–H and O–H groups in total. The van der Waals surface area contributed by atoms with Crippen LogP contribution < -0.4 is 38.2 Å². The van der Waals surface area contributed by atoms with E-state index >= 15 is 0 Å². The van der Waals surface area contributed by atoms with Gasteiger partial charge in [0.15, 0.2) is 0 Å². The predicted octanol–water partition coefficient (Wildman–Crippen LogP) is 1.55. The molecule has 0 saturated carbocycles. The molecule has 1 heterocycles. The van der Waals surface area contributed by atoms with Gasteiger partial charge in [0.2, 0.25) is 0 Å². The van der Waals surface area contributed by atoms with Crippen molar-refractivity contribution >= 4 is 153 Å². The number of benzene rings is 6. The minimum absolute atomic E-state index is 0.143. The van der Waals surface area contributed by atoms with Gasteiger partial charge in [0.25, 0.3) is 0 Å². The minimum Gasteiger partial charge on any atom is -0.457 e. The van der Waals surface area contributed by atoms with Gasteiger partial charge in [0, 0.05) is 15.2 Å². The maximum atomic E-state index is 6.86. The lowest BCUT2D eigenvalue weighted by Gasteiger charge is -2.22. The Kier molecular flexibility index (Phi) is 6.17. The van der Waals surface area contributed by atoms with Crippen molar-refractivity contribution in [3.05, 3.63) is 77.3 Å². The molecule has 174 valence electrons. The summed E-state index contributed by atoms with van der Waals surface area (Å²) in [6.45, 7) is 0. The zero-order chi connectivity index (χ0) is 28.7. The van der Waals surface area contributed by atoms with Gasteiger partial charge in [-0.25, -0.2) is 0 Å². The van der Waals surface area contributed by atoms with Crippen LogP contribution in [0.15, 0.2) is 81.7 Å². The fourth-order valence-corrected chi connectivity index (χ4v) is 6.40. The minimum atomic E-state index is 0.143. The summed E-state index contributed by atoms with van der Waals surface area (Å²) in [7, 11) is 45.4. The smallest absolute Gasteiger partial charge is 0.128 e. The van der Waals surface area contributed by atoms with E-state index in [0.29, 0.717) is 27.4 Å². The van der Waals surface area contributed by atoms with E-state index in [1.54, 1.807) is 0 Å². The second kappa shape index (κ2) is 9.56. The lowest BCUT2D eigenvalue weighted by Crippen LogP contribution is -2.47. The summed E-state index contributed by atoms with van der Waals surface area (Å²) in [6, 6.07) is 24.6. The maximum Gasteiger partial charge on any atom is 0.128 e. The van der Waals surface area contributed by atoms with E-state index < -0.39 is 0 Å². The third-order valence-electron chi connectivity index (χ3n) is 7.93. The summed E-state index contributed by atoms with van der Waals surface area (Å²) >= 11 is 3.64. The normalized spacial score (nSPS) is 11.7. The van der Waals surface area contributed by atoms with E-state index in [2.05, 4.69) is 52.3 Å². The van der Waals surface area contributed by atoms with E-state index in [4.69, 9.17) is 59.3 Å². The molecular weight excluding hydrogens is 556 g/mol. The Labute approximate surface area is 255 Å². The van der Waals surface area contributed by atoms with Crippen LogP contribution in [0, 0.1) is 0 Å². The van der Waals surface area contributed by atoms with Gasteiger partial charge in [-0.15, -0.1) is 16.4 Å². The Bertz CT molecular complexity index is 2200. The number of rotatable bonds is 2. The maximum absolute atomic E-state index is 6.86. The first-order valence-electron chi connectivity index (χ1n) is 12.8. The van der Waals surface area contributed by atoms with Gasteiger partial charge in [-0.1, -0.05) is 98.4 Å². The molecule has 0 aliphatic rings. The van der Waals surface area contributed by atoms with Crippen molar-refractivity contribution in [2.75, 3.05) is 0 Å². The van der Waals surface area contributed by atoms with Crippen LogP contribution in [0.25, 0.3) is 65.7 Å². The molecule has 0 bridgehead atoms. The first-order chi connectivity index (χ1) is 19.7. The monoisotopic (exact) mass is 568 g/mol. The lowest BCUT2D eigenvalue weighted by atomic mass is 9.64. The third-order valence-corrected chi connectivity index (χ3v) is 8.43. The molecule has 7 rings (SSSR count). The number of hydrogen-bond donors (Lipinski definition) is 0.